The van der Waals surface area contributed by atoms with Crippen LogP contribution < -0.4 is 9.62 Å². The van der Waals surface area contributed by atoms with Gasteiger partial charge in [0.25, 0.3) is 10.0 Å². The number of pyridine rings is 2. The maximum absolute atomic E-state index is 13.7. The van der Waals surface area contributed by atoms with E-state index >= 15 is 0 Å². The first-order chi connectivity index (χ1) is 17.4. The van der Waals surface area contributed by atoms with Crippen molar-refractivity contribution in [3.8, 4) is 11.3 Å². The lowest BCUT2D eigenvalue weighted by molar-refractivity contribution is -0.138. The van der Waals surface area contributed by atoms with Gasteiger partial charge in [-0.15, -0.1) is 0 Å². The monoisotopic (exact) mass is 534 g/mol. The number of hydrogen-bond acceptors (Lipinski definition) is 6. The summed E-state index contributed by atoms with van der Waals surface area (Å²) in [6.45, 7) is 2.67. The molecule has 1 fully saturated rings. The first-order valence-electron chi connectivity index (χ1n) is 11.5. The zero-order valence-electron chi connectivity index (χ0n) is 19.9. The van der Waals surface area contributed by atoms with Crippen LogP contribution in [0.5, 0.6) is 0 Å². The Morgan fingerprint density at radius 2 is 1.86 bits per heavy atom. The van der Waals surface area contributed by atoms with Crippen LogP contribution in [0.4, 0.5) is 24.8 Å². The van der Waals surface area contributed by atoms with Crippen LogP contribution in [0.3, 0.4) is 0 Å². The highest BCUT2D eigenvalue weighted by atomic mass is 32.2. The van der Waals surface area contributed by atoms with Gasteiger partial charge >= 0.3 is 12.1 Å². The fourth-order valence-electron chi connectivity index (χ4n) is 4.40. The first-order valence-corrected chi connectivity index (χ1v) is 13.0. The van der Waals surface area contributed by atoms with Gasteiger partial charge in [-0.1, -0.05) is 30.3 Å². The quantitative estimate of drug-likeness (QED) is 0.440. The van der Waals surface area contributed by atoms with Gasteiger partial charge in [-0.25, -0.2) is 9.97 Å². The van der Waals surface area contributed by atoms with E-state index in [1.54, 1.807) is 31.2 Å². The molecule has 196 valence electrons. The third-order valence-corrected chi connectivity index (χ3v) is 7.39. The SMILES string of the molecule is Cc1ccccc1-c1nc(NS(=O)(=O)c2cccc(N3CCC[C@@H](CC(=O)O)C3)n2)ccc1C(F)(F)F. The maximum atomic E-state index is 13.7. The Balaban J connectivity index is 1.63. The van der Waals surface area contributed by atoms with Crippen LogP contribution in [-0.2, 0) is 21.0 Å². The number of rotatable bonds is 7. The second kappa shape index (κ2) is 10.4. The molecule has 2 aromatic heterocycles. The van der Waals surface area contributed by atoms with Crippen molar-refractivity contribution in [3.63, 3.8) is 0 Å². The van der Waals surface area contributed by atoms with Crippen LogP contribution in [0.1, 0.15) is 30.4 Å². The van der Waals surface area contributed by atoms with Gasteiger partial charge in [0.15, 0.2) is 5.03 Å². The number of piperidine rings is 1. The van der Waals surface area contributed by atoms with Crippen molar-refractivity contribution in [2.24, 2.45) is 5.92 Å². The molecule has 0 spiro atoms. The lowest BCUT2D eigenvalue weighted by Crippen LogP contribution is -2.37. The van der Waals surface area contributed by atoms with E-state index in [-0.39, 0.29) is 34.4 Å². The number of carbonyl (C=O) groups is 1. The third-order valence-electron chi connectivity index (χ3n) is 6.13. The van der Waals surface area contributed by atoms with Crippen LogP contribution in [-0.4, -0.2) is 42.6 Å². The van der Waals surface area contributed by atoms with E-state index in [2.05, 4.69) is 14.7 Å². The number of aromatic nitrogens is 2. The molecule has 0 aliphatic carbocycles. The summed E-state index contributed by atoms with van der Waals surface area (Å²) in [5.74, 6) is -0.881. The summed E-state index contributed by atoms with van der Waals surface area (Å²) >= 11 is 0. The summed E-state index contributed by atoms with van der Waals surface area (Å²) in [6, 6.07) is 12.6. The molecule has 12 heteroatoms. The molecule has 0 unspecified atom stereocenters. The fraction of sp³-hybridized carbons (Fsp3) is 0.320. The predicted octanol–water partition coefficient (Wildman–Crippen LogP) is 4.96. The standard InChI is InChI=1S/C25H25F3N4O4S/c1-16-6-2-3-8-18(16)24-19(25(26,27)28)11-12-20(29-24)31-37(35,36)22-10-4-9-21(30-22)32-13-5-7-17(15-32)14-23(33)34/h2-4,6,8-12,17H,5,7,13-15H2,1H3,(H,29,31)(H,33,34)/t17-/m0/s1. The average molecular weight is 535 g/mol. The minimum absolute atomic E-state index is 0.0128. The normalized spacial score (nSPS) is 16.4. The van der Waals surface area contributed by atoms with Crippen molar-refractivity contribution in [1.29, 1.82) is 0 Å². The van der Waals surface area contributed by atoms with E-state index in [1.165, 1.54) is 18.2 Å². The largest absolute Gasteiger partial charge is 0.481 e. The van der Waals surface area contributed by atoms with Crippen molar-refractivity contribution in [1.82, 2.24) is 9.97 Å². The van der Waals surface area contributed by atoms with Crippen LogP contribution in [0.25, 0.3) is 11.3 Å². The molecule has 1 aliphatic heterocycles. The second-order valence-electron chi connectivity index (χ2n) is 8.90. The molecule has 0 amide bonds. The maximum Gasteiger partial charge on any atom is 0.418 e. The molecule has 3 heterocycles. The lowest BCUT2D eigenvalue weighted by Gasteiger charge is -2.33. The number of alkyl halides is 3. The number of hydrogen-bond donors (Lipinski definition) is 2. The Kier molecular flexibility index (Phi) is 7.39. The van der Waals surface area contributed by atoms with Crippen LogP contribution >= 0.6 is 0 Å². The Bertz CT molecular complexity index is 1410. The van der Waals surface area contributed by atoms with E-state index < -0.39 is 27.7 Å². The Hall–Kier alpha value is -3.67. The summed E-state index contributed by atoms with van der Waals surface area (Å²) in [5, 5.41) is 8.76. The Morgan fingerprint density at radius 1 is 1.11 bits per heavy atom. The molecule has 2 N–H and O–H groups in total. The van der Waals surface area contributed by atoms with Gasteiger partial charge in [0, 0.05) is 25.1 Å². The van der Waals surface area contributed by atoms with E-state index in [0.29, 0.717) is 24.5 Å². The summed E-state index contributed by atoms with van der Waals surface area (Å²) < 4.78 is 69.5. The van der Waals surface area contributed by atoms with E-state index in [1.807, 2.05) is 4.90 Å². The van der Waals surface area contributed by atoms with E-state index in [4.69, 9.17) is 5.11 Å². The molecule has 1 aromatic carbocycles. The van der Waals surface area contributed by atoms with Crippen LogP contribution in [0, 0.1) is 12.8 Å². The number of carboxylic acid groups (broad SMARTS) is 1. The zero-order valence-corrected chi connectivity index (χ0v) is 20.7. The fourth-order valence-corrected chi connectivity index (χ4v) is 5.36. The van der Waals surface area contributed by atoms with Crippen molar-refractivity contribution in [3.05, 3.63) is 65.7 Å². The summed E-state index contributed by atoms with van der Waals surface area (Å²) in [6.07, 6.45) is -3.18. The topological polar surface area (TPSA) is 112 Å². The summed E-state index contributed by atoms with van der Waals surface area (Å²) in [5.41, 5.74) is -0.578. The van der Waals surface area contributed by atoms with Gasteiger partial charge < -0.3 is 10.0 Å². The van der Waals surface area contributed by atoms with Gasteiger partial charge in [-0.05, 0) is 55.5 Å². The van der Waals surface area contributed by atoms with Crippen molar-refractivity contribution in [2.45, 2.75) is 37.4 Å². The van der Waals surface area contributed by atoms with Gasteiger partial charge in [0.05, 0.1) is 11.3 Å². The van der Waals surface area contributed by atoms with Crippen molar-refractivity contribution in [2.75, 3.05) is 22.7 Å². The van der Waals surface area contributed by atoms with E-state index in [0.717, 1.165) is 25.0 Å². The van der Waals surface area contributed by atoms with Crippen molar-refractivity contribution < 1.29 is 31.5 Å². The molecule has 8 nitrogen and oxygen atoms in total. The number of sulfonamides is 1. The lowest BCUT2D eigenvalue weighted by atomic mass is 9.95. The smallest absolute Gasteiger partial charge is 0.418 e. The number of aryl methyl sites for hydroxylation is 1. The number of nitrogens with one attached hydrogen (secondary N) is 1. The van der Waals surface area contributed by atoms with Gasteiger partial charge in [-0.3, -0.25) is 9.52 Å². The summed E-state index contributed by atoms with van der Waals surface area (Å²) in [4.78, 5) is 21.2. The molecule has 1 saturated heterocycles. The minimum Gasteiger partial charge on any atom is -0.481 e. The van der Waals surface area contributed by atoms with Crippen molar-refractivity contribution >= 4 is 27.6 Å². The highest BCUT2D eigenvalue weighted by Crippen LogP contribution is 2.38. The highest BCUT2D eigenvalue weighted by Gasteiger charge is 2.35. The molecule has 3 aromatic rings. The third kappa shape index (κ3) is 6.19. The molecule has 0 radical (unpaired) electrons. The zero-order chi connectivity index (χ0) is 26.8. The molecule has 4 rings (SSSR count). The Morgan fingerprint density at radius 3 is 2.57 bits per heavy atom. The molecule has 0 bridgehead atoms. The van der Waals surface area contributed by atoms with Gasteiger partial charge in [0.2, 0.25) is 0 Å². The molecular formula is C25H25F3N4O4S. The minimum atomic E-state index is -4.69. The van der Waals surface area contributed by atoms with Crippen LogP contribution in [0.2, 0.25) is 0 Å². The molecule has 0 saturated carbocycles. The number of aliphatic carboxylic acids is 1. The molecular weight excluding hydrogens is 509 g/mol. The summed E-state index contributed by atoms with van der Waals surface area (Å²) in [7, 11) is -4.29. The average Bonchev–Trinajstić information content (AvgIpc) is 2.83. The van der Waals surface area contributed by atoms with Gasteiger partial charge in [0.1, 0.15) is 11.6 Å². The number of nitrogens with zero attached hydrogens (tertiary/aromatic N) is 3. The molecule has 37 heavy (non-hydrogen) atoms. The number of benzene rings is 1. The Labute approximate surface area is 212 Å². The van der Waals surface area contributed by atoms with Gasteiger partial charge in [-0.2, -0.15) is 21.6 Å². The predicted molar refractivity (Wildman–Crippen MR) is 132 cm³/mol. The highest BCUT2D eigenvalue weighted by molar-refractivity contribution is 7.92. The molecule has 1 aliphatic rings. The molecule has 1 atom stereocenters. The van der Waals surface area contributed by atoms with E-state index in [9.17, 15) is 26.4 Å². The number of halogens is 3. The first kappa shape index (κ1) is 26.4. The number of carboxylic acids is 1. The second-order valence-corrected chi connectivity index (χ2v) is 10.5. The van der Waals surface area contributed by atoms with Crippen LogP contribution in [0.15, 0.2) is 59.6 Å². The number of anilines is 2.